The molecule has 0 saturated carbocycles. The van der Waals surface area contributed by atoms with Gasteiger partial charge in [-0.15, -0.1) is 11.3 Å². The fraction of sp³-hybridized carbons (Fsp3) is 0.429. The van der Waals surface area contributed by atoms with Gasteiger partial charge in [0.15, 0.2) is 5.82 Å². The number of nitrogens with one attached hydrogen (secondary N) is 1. The lowest BCUT2D eigenvalue weighted by Crippen LogP contribution is -2.22. The predicted octanol–water partition coefficient (Wildman–Crippen LogP) is 4.12. The van der Waals surface area contributed by atoms with E-state index in [1.54, 1.807) is 11.3 Å². The van der Waals surface area contributed by atoms with Gasteiger partial charge in [-0.1, -0.05) is 27.7 Å². The van der Waals surface area contributed by atoms with Gasteiger partial charge in [-0.3, -0.25) is 4.79 Å². The van der Waals surface area contributed by atoms with Crippen LogP contribution in [0.5, 0.6) is 0 Å². The number of hydrogen-bond acceptors (Lipinski definition) is 3. The number of nitrogens with zero attached hydrogens (tertiary/aromatic N) is 1. The van der Waals surface area contributed by atoms with Crippen molar-refractivity contribution >= 4 is 27.3 Å². The molecular weight excluding hydrogens is 324 g/mol. The first kappa shape index (κ1) is 14.5. The first-order chi connectivity index (χ1) is 8.82. The number of aryl methyl sites for hydroxylation is 1. The monoisotopic (exact) mass is 340 g/mol. The zero-order valence-electron chi connectivity index (χ0n) is 11.5. The fourth-order valence-electron chi connectivity index (χ4n) is 1.77. The van der Waals surface area contributed by atoms with Gasteiger partial charge in [-0.05, 0) is 34.5 Å². The Bertz CT molecular complexity index is 652. The summed E-state index contributed by atoms with van der Waals surface area (Å²) in [6.45, 7) is 8.27. The van der Waals surface area contributed by atoms with E-state index in [9.17, 15) is 4.79 Å². The molecule has 0 aliphatic rings. The van der Waals surface area contributed by atoms with E-state index in [2.05, 4.69) is 59.7 Å². The lowest BCUT2D eigenvalue weighted by molar-refractivity contribution is 0.562. The van der Waals surface area contributed by atoms with E-state index >= 15 is 0 Å². The van der Waals surface area contributed by atoms with E-state index in [0.717, 1.165) is 17.0 Å². The summed E-state index contributed by atoms with van der Waals surface area (Å²) in [5, 5.41) is 0. The summed E-state index contributed by atoms with van der Waals surface area (Å²) in [5.74, 6) is 0.655. The van der Waals surface area contributed by atoms with Gasteiger partial charge in [0.25, 0.3) is 5.56 Å². The lowest BCUT2D eigenvalue weighted by atomic mass is 9.92. The Balaban J connectivity index is 2.60. The first-order valence-corrected chi connectivity index (χ1v) is 7.83. The minimum Gasteiger partial charge on any atom is -0.305 e. The normalized spacial score (nSPS) is 11.8. The summed E-state index contributed by atoms with van der Waals surface area (Å²) >= 11 is 5.01. The van der Waals surface area contributed by atoms with Crippen molar-refractivity contribution in [1.82, 2.24) is 9.97 Å². The van der Waals surface area contributed by atoms with Crippen LogP contribution in [-0.2, 0) is 11.8 Å². The van der Waals surface area contributed by atoms with Crippen LogP contribution in [0.4, 0.5) is 0 Å². The molecule has 3 nitrogen and oxygen atoms in total. The van der Waals surface area contributed by atoms with Crippen LogP contribution in [0.2, 0.25) is 0 Å². The molecule has 1 N–H and O–H groups in total. The van der Waals surface area contributed by atoms with Crippen molar-refractivity contribution in [2.75, 3.05) is 0 Å². The molecule has 19 heavy (non-hydrogen) atoms. The molecule has 0 unspecified atom stereocenters. The van der Waals surface area contributed by atoms with E-state index in [4.69, 9.17) is 0 Å². The molecule has 0 aliphatic heterocycles. The smallest absolute Gasteiger partial charge is 0.265 e. The summed E-state index contributed by atoms with van der Waals surface area (Å²) in [6.07, 6.45) is 0.998. The van der Waals surface area contributed by atoms with Crippen molar-refractivity contribution < 1.29 is 0 Å². The van der Waals surface area contributed by atoms with Crippen molar-refractivity contribution in [3.63, 3.8) is 0 Å². The third-order valence-corrected chi connectivity index (χ3v) is 4.79. The maximum Gasteiger partial charge on any atom is 0.265 e. The molecule has 102 valence electrons. The molecule has 0 spiro atoms. The number of H-pyrrole nitrogens is 1. The van der Waals surface area contributed by atoms with Crippen LogP contribution < -0.4 is 5.56 Å². The van der Waals surface area contributed by atoms with Gasteiger partial charge in [-0.25, -0.2) is 4.98 Å². The molecule has 0 fully saturated rings. The number of rotatable bonds is 2. The van der Waals surface area contributed by atoms with Gasteiger partial charge in [0, 0.05) is 10.3 Å². The van der Waals surface area contributed by atoms with Gasteiger partial charge < -0.3 is 4.98 Å². The van der Waals surface area contributed by atoms with Crippen LogP contribution in [0.3, 0.4) is 0 Å². The molecule has 0 bridgehead atoms. The number of thiophene rings is 1. The zero-order valence-corrected chi connectivity index (χ0v) is 13.9. The lowest BCUT2D eigenvalue weighted by Gasteiger charge is -2.19. The average molecular weight is 341 g/mol. The van der Waals surface area contributed by atoms with Crippen LogP contribution >= 0.6 is 27.3 Å². The Hall–Kier alpha value is -0.940. The molecule has 2 rings (SSSR count). The molecule has 0 amide bonds. The SMILES string of the molecule is CCc1ccc(-c2nc(C(C)(C)C)c(Br)c(=O)[nH]2)s1. The van der Waals surface area contributed by atoms with Crippen molar-refractivity contribution in [2.45, 2.75) is 39.5 Å². The molecule has 0 saturated heterocycles. The van der Waals surface area contributed by atoms with Crippen LogP contribution in [0, 0.1) is 0 Å². The van der Waals surface area contributed by atoms with E-state index < -0.39 is 0 Å². The molecule has 0 atom stereocenters. The predicted molar refractivity (Wildman–Crippen MR) is 83.9 cm³/mol. The standard InChI is InChI=1S/C14H17BrN2OS/c1-5-8-6-7-9(19-8)12-16-11(14(2,3)4)10(15)13(18)17-12/h6-7H,5H2,1-4H3,(H,16,17,18). The number of aromatic amines is 1. The first-order valence-electron chi connectivity index (χ1n) is 6.22. The molecule has 0 radical (unpaired) electrons. The Morgan fingerprint density at radius 3 is 2.58 bits per heavy atom. The molecule has 2 aromatic rings. The Morgan fingerprint density at radius 1 is 1.37 bits per heavy atom. The summed E-state index contributed by atoms with van der Waals surface area (Å²) in [4.78, 5) is 21.8. The topological polar surface area (TPSA) is 45.8 Å². The maximum absolute atomic E-state index is 12.0. The summed E-state index contributed by atoms with van der Waals surface area (Å²) in [7, 11) is 0. The van der Waals surface area contributed by atoms with Gasteiger partial charge in [-0.2, -0.15) is 0 Å². The molecule has 5 heteroatoms. The van der Waals surface area contributed by atoms with E-state index in [1.165, 1.54) is 4.88 Å². The zero-order chi connectivity index (χ0) is 14.2. The summed E-state index contributed by atoms with van der Waals surface area (Å²) in [5.41, 5.74) is 0.492. The Labute approximate surface area is 125 Å². The van der Waals surface area contributed by atoms with Crippen LogP contribution in [0.25, 0.3) is 10.7 Å². The van der Waals surface area contributed by atoms with Gasteiger partial charge >= 0.3 is 0 Å². The highest BCUT2D eigenvalue weighted by Gasteiger charge is 2.22. The highest BCUT2D eigenvalue weighted by atomic mass is 79.9. The Kier molecular flexibility index (Phi) is 3.97. The van der Waals surface area contributed by atoms with Crippen molar-refractivity contribution in [3.8, 4) is 10.7 Å². The van der Waals surface area contributed by atoms with Gasteiger partial charge in [0.2, 0.25) is 0 Å². The number of halogens is 1. The number of aromatic nitrogens is 2. The van der Waals surface area contributed by atoms with E-state index in [-0.39, 0.29) is 11.0 Å². The fourth-order valence-corrected chi connectivity index (χ4v) is 3.44. The highest BCUT2D eigenvalue weighted by Crippen LogP contribution is 2.30. The minimum absolute atomic E-state index is 0.124. The van der Waals surface area contributed by atoms with Crippen LogP contribution in [0.15, 0.2) is 21.4 Å². The van der Waals surface area contributed by atoms with Crippen LogP contribution in [0.1, 0.15) is 38.3 Å². The minimum atomic E-state index is -0.174. The van der Waals surface area contributed by atoms with Crippen molar-refractivity contribution in [3.05, 3.63) is 37.5 Å². The molecule has 0 aromatic carbocycles. The summed E-state index contributed by atoms with van der Waals surface area (Å²) < 4.78 is 0.524. The number of hydrogen-bond donors (Lipinski definition) is 1. The van der Waals surface area contributed by atoms with Crippen molar-refractivity contribution in [2.24, 2.45) is 0 Å². The van der Waals surface area contributed by atoms with E-state index in [1.807, 2.05) is 6.07 Å². The second-order valence-electron chi connectivity index (χ2n) is 5.45. The molecular formula is C14H17BrN2OS. The quantitative estimate of drug-likeness (QED) is 0.893. The summed E-state index contributed by atoms with van der Waals surface area (Å²) in [6, 6.07) is 4.10. The maximum atomic E-state index is 12.0. The van der Waals surface area contributed by atoms with Gasteiger partial charge in [0.05, 0.1) is 10.6 Å². The average Bonchev–Trinajstić information content (AvgIpc) is 2.79. The second-order valence-corrected chi connectivity index (χ2v) is 7.41. The van der Waals surface area contributed by atoms with Crippen molar-refractivity contribution in [1.29, 1.82) is 0 Å². The van der Waals surface area contributed by atoms with E-state index in [0.29, 0.717) is 10.3 Å². The molecule has 2 heterocycles. The molecule has 2 aromatic heterocycles. The Morgan fingerprint density at radius 2 is 2.05 bits per heavy atom. The second kappa shape index (κ2) is 5.21. The van der Waals surface area contributed by atoms with Crippen LogP contribution in [-0.4, -0.2) is 9.97 Å². The third kappa shape index (κ3) is 2.98. The third-order valence-electron chi connectivity index (χ3n) is 2.82. The highest BCUT2D eigenvalue weighted by molar-refractivity contribution is 9.10. The van der Waals surface area contributed by atoms with Gasteiger partial charge in [0.1, 0.15) is 4.47 Å². The molecule has 0 aliphatic carbocycles. The largest absolute Gasteiger partial charge is 0.305 e.